The molecule has 164 valence electrons. The minimum absolute atomic E-state index is 0.0451. The number of ether oxygens (including phenoxy) is 1. The smallest absolute Gasteiger partial charge is 0.260 e. The molecule has 2 atom stereocenters. The average Bonchev–Trinajstić information content (AvgIpc) is 2.87. The Morgan fingerprint density at radius 1 is 0.969 bits per heavy atom. The second-order valence-corrected chi connectivity index (χ2v) is 8.02. The fraction of sp³-hybridized carbons (Fsp3) is 0.269. The number of pyridine rings is 1. The zero-order chi connectivity index (χ0) is 22.2. The van der Waals surface area contributed by atoms with Crippen molar-refractivity contribution < 1.29 is 14.3 Å². The molecular formula is C26H27N3O3. The van der Waals surface area contributed by atoms with Gasteiger partial charge in [-0.25, -0.2) is 0 Å². The number of hydrogen-bond acceptors (Lipinski definition) is 4. The van der Waals surface area contributed by atoms with Gasteiger partial charge in [0.15, 0.2) is 6.61 Å². The van der Waals surface area contributed by atoms with Gasteiger partial charge >= 0.3 is 0 Å². The van der Waals surface area contributed by atoms with Crippen molar-refractivity contribution in [1.29, 1.82) is 0 Å². The summed E-state index contributed by atoms with van der Waals surface area (Å²) in [7, 11) is 0. The van der Waals surface area contributed by atoms with E-state index in [9.17, 15) is 9.59 Å². The summed E-state index contributed by atoms with van der Waals surface area (Å²) in [4.78, 5) is 31.8. The van der Waals surface area contributed by atoms with Gasteiger partial charge in [0.2, 0.25) is 5.91 Å². The Morgan fingerprint density at radius 3 is 2.44 bits per heavy atom. The second-order valence-electron chi connectivity index (χ2n) is 8.02. The average molecular weight is 430 g/mol. The maximum atomic E-state index is 13.0. The highest BCUT2D eigenvalue weighted by atomic mass is 16.5. The molecule has 2 heterocycles. The van der Waals surface area contributed by atoms with E-state index in [0.717, 1.165) is 11.1 Å². The second kappa shape index (κ2) is 10.6. The topological polar surface area (TPSA) is 71.5 Å². The zero-order valence-corrected chi connectivity index (χ0v) is 17.9. The van der Waals surface area contributed by atoms with Gasteiger partial charge in [0.1, 0.15) is 5.75 Å². The Morgan fingerprint density at radius 2 is 1.72 bits per heavy atom. The summed E-state index contributed by atoms with van der Waals surface area (Å²) in [5.74, 6) is 0.310. The number of likely N-dealkylation sites (tertiary alicyclic amines) is 1. The number of piperidine rings is 1. The van der Waals surface area contributed by atoms with Crippen LogP contribution in [-0.2, 0) is 16.1 Å². The maximum Gasteiger partial charge on any atom is 0.260 e. The highest BCUT2D eigenvalue weighted by molar-refractivity contribution is 5.82. The predicted octanol–water partition coefficient (Wildman–Crippen LogP) is 3.41. The third-order valence-corrected chi connectivity index (χ3v) is 5.74. The molecule has 0 saturated carbocycles. The highest BCUT2D eigenvalue weighted by Crippen LogP contribution is 2.30. The number of aromatic nitrogens is 1. The first-order valence-electron chi connectivity index (χ1n) is 10.9. The van der Waals surface area contributed by atoms with Crippen molar-refractivity contribution in [2.24, 2.45) is 5.92 Å². The molecule has 1 aromatic heterocycles. The standard InChI is InChI=1S/C26H27N3O3/c30-25(19-32-24-11-5-2-6-12-24)29-17-22(21-9-3-1-4-10-21)14-23(18-29)26(31)28-16-20-8-7-13-27-15-20/h1-13,15,22-23H,14,16-19H2,(H,28,31)/t22-,23+/m0/s1. The van der Waals surface area contributed by atoms with E-state index in [1.807, 2.05) is 60.7 Å². The van der Waals surface area contributed by atoms with Crippen LogP contribution in [0.4, 0.5) is 0 Å². The Labute approximate surface area is 188 Å². The van der Waals surface area contributed by atoms with E-state index in [1.54, 1.807) is 17.3 Å². The molecule has 4 rings (SSSR count). The predicted molar refractivity (Wildman–Crippen MR) is 122 cm³/mol. The van der Waals surface area contributed by atoms with Crippen molar-refractivity contribution in [3.05, 3.63) is 96.3 Å². The Balaban J connectivity index is 1.43. The Bertz CT molecular complexity index is 949. The first kappa shape index (κ1) is 21.6. The molecule has 6 nitrogen and oxygen atoms in total. The largest absolute Gasteiger partial charge is 0.484 e. The van der Waals surface area contributed by atoms with Crippen LogP contribution >= 0.6 is 0 Å². The van der Waals surface area contributed by atoms with Crippen molar-refractivity contribution in [2.75, 3.05) is 19.7 Å². The summed E-state index contributed by atoms with van der Waals surface area (Å²) in [6.07, 6.45) is 4.15. The van der Waals surface area contributed by atoms with Gasteiger partial charge in [-0.05, 0) is 35.7 Å². The number of hydrogen-bond donors (Lipinski definition) is 1. The van der Waals surface area contributed by atoms with E-state index in [-0.39, 0.29) is 30.3 Å². The lowest BCUT2D eigenvalue weighted by Gasteiger charge is -2.37. The molecule has 0 radical (unpaired) electrons. The van der Waals surface area contributed by atoms with Gasteiger partial charge in [0.05, 0.1) is 5.92 Å². The molecule has 1 aliphatic rings. The van der Waals surface area contributed by atoms with E-state index in [1.165, 1.54) is 0 Å². The lowest BCUT2D eigenvalue weighted by atomic mass is 9.84. The summed E-state index contributed by atoms with van der Waals surface area (Å²) in [5.41, 5.74) is 2.08. The molecule has 0 aliphatic carbocycles. The summed E-state index contributed by atoms with van der Waals surface area (Å²) in [6, 6.07) is 23.1. The van der Waals surface area contributed by atoms with Crippen molar-refractivity contribution in [3.8, 4) is 5.75 Å². The van der Waals surface area contributed by atoms with Gasteiger partial charge in [-0.2, -0.15) is 0 Å². The summed E-state index contributed by atoms with van der Waals surface area (Å²) >= 11 is 0. The van der Waals surface area contributed by atoms with Gasteiger partial charge in [0.25, 0.3) is 5.91 Å². The maximum absolute atomic E-state index is 13.0. The molecule has 32 heavy (non-hydrogen) atoms. The van der Waals surface area contributed by atoms with E-state index in [4.69, 9.17) is 4.74 Å². The van der Waals surface area contributed by atoms with Crippen molar-refractivity contribution in [3.63, 3.8) is 0 Å². The van der Waals surface area contributed by atoms with Crippen LogP contribution in [0.5, 0.6) is 5.75 Å². The summed E-state index contributed by atoms with van der Waals surface area (Å²) in [5, 5.41) is 3.01. The molecular weight excluding hydrogens is 402 g/mol. The van der Waals surface area contributed by atoms with Gasteiger partial charge in [-0.15, -0.1) is 0 Å². The van der Waals surface area contributed by atoms with E-state index >= 15 is 0 Å². The molecule has 3 aromatic rings. The van der Waals surface area contributed by atoms with Crippen molar-refractivity contribution in [1.82, 2.24) is 15.2 Å². The zero-order valence-electron chi connectivity index (χ0n) is 17.9. The quantitative estimate of drug-likeness (QED) is 0.625. The van der Waals surface area contributed by atoms with Gasteiger partial charge < -0.3 is 15.0 Å². The normalized spacial score (nSPS) is 18.1. The number of carbonyl (C=O) groups excluding carboxylic acids is 2. The van der Waals surface area contributed by atoms with Gasteiger partial charge in [0, 0.05) is 37.9 Å². The number of benzene rings is 2. The van der Waals surface area contributed by atoms with Gasteiger partial charge in [-0.1, -0.05) is 54.6 Å². The molecule has 0 bridgehead atoms. The first-order chi connectivity index (χ1) is 15.7. The van der Waals surface area contributed by atoms with Crippen LogP contribution in [-0.4, -0.2) is 41.4 Å². The molecule has 6 heteroatoms. The van der Waals surface area contributed by atoms with Crippen LogP contribution < -0.4 is 10.1 Å². The Hall–Kier alpha value is -3.67. The fourth-order valence-electron chi connectivity index (χ4n) is 4.05. The molecule has 1 aliphatic heterocycles. The monoisotopic (exact) mass is 429 g/mol. The highest BCUT2D eigenvalue weighted by Gasteiger charge is 2.34. The fourth-order valence-corrected chi connectivity index (χ4v) is 4.05. The van der Waals surface area contributed by atoms with E-state index in [0.29, 0.717) is 31.8 Å². The molecule has 0 spiro atoms. The van der Waals surface area contributed by atoms with Crippen LogP contribution in [0.1, 0.15) is 23.5 Å². The molecule has 1 N–H and O–H groups in total. The number of amides is 2. The van der Waals surface area contributed by atoms with Gasteiger partial charge in [-0.3, -0.25) is 14.6 Å². The number of carbonyl (C=O) groups is 2. The van der Waals surface area contributed by atoms with E-state index in [2.05, 4.69) is 22.4 Å². The minimum atomic E-state index is -0.286. The number of para-hydroxylation sites is 1. The third kappa shape index (κ3) is 5.72. The van der Waals surface area contributed by atoms with Crippen LogP contribution in [0, 0.1) is 5.92 Å². The number of nitrogens with zero attached hydrogens (tertiary/aromatic N) is 2. The van der Waals surface area contributed by atoms with Crippen LogP contribution in [0.15, 0.2) is 85.2 Å². The van der Waals surface area contributed by atoms with Crippen molar-refractivity contribution in [2.45, 2.75) is 18.9 Å². The summed E-state index contributed by atoms with van der Waals surface area (Å²) in [6.45, 7) is 1.34. The lowest BCUT2D eigenvalue weighted by molar-refractivity contribution is -0.138. The van der Waals surface area contributed by atoms with Crippen LogP contribution in [0.2, 0.25) is 0 Å². The molecule has 0 unspecified atom stereocenters. The molecule has 1 saturated heterocycles. The van der Waals surface area contributed by atoms with Crippen LogP contribution in [0.25, 0.3) is 0 Å². The van der Waals surface area contributed by atoms with Crippen molar-refractivity contribution >= 4 is 11.8 Å². The minimum Gasteiger partial charge on any atom is -0.484 e. The Kier molecular flexibility index (Phi) is 7.12. The van der Waals surface area contributed by atoms with Crippen LogP contribution in [0.3, 0.4) is 0 Å². The molecule has 2 aromatic carbocycles. The lowest BCUT2D eigenvalue weighted by Crippen LogP contribution is -2.49. The van der Waals surface area contributed by atoms with E-state index < -0.39 is 0 Å². The summed E-state index contributed by atoms with van der Waals surface area (Å²) < 4.78 is 5.66. The first-order valence-corrected chi connectivity index (χ1v) is 10.9. The molecule has 1 fully saturated rings. The SMILES string of the molecule is O=C(NCc1cccnc1)[C@@H]1C[C@H](c2ccccc2)CN(C(=O)COc2ccccc2)C1. The molecule has 2 amide bonds. The number of nitrogens with one attached hydrogen (secondary N) is 1. The number of rotatable bonds is 7. The third-order valence-electron chi connectivity index (χ3n) is 5.74.